The Labute approximate surface area is 63.3 Å². The number of hydrogen-bond donors (Lipinski definition) is 1. The monoisotopic (exact) mass is 243 g/mol. The molecule has 0 heterocycles. The smallest absolute Gasteiger partial charge is 0.337 e. The Morgan fingerprint density at radius 1 is 1.78 bits per heavy atom. The molecule has 0 atom stereocenters. The molecule has 0 bridgehead atoms. The second kappa shape index (κ2) is 4.12. The summed E-state index contributed by atoms with van der Waals surface area (Å²) in [6.07, 6.45) is 0. The Kier molecular flexibility index (Phi) is 3.75. The average Bonchev–Trinajstić information content (AvgIpc) is 1.83. The fraction of sp³-hybridized carbons (Fsp3) is 0. The zero-order valence-corrected chi connectivity index (χ0v) is 6.22. The predicted molar refractivity (Wildman–Crippen MR) is 37.5 cm³/mol. The molecule has 0 aromatic rings. The van der Waals surface area contributed by atoms with Crippen molar-refractivity contribution in [3.63, 3.8) is 0 Å². The summed E-state index contributed by atoms with van der Waals surface area (Å²) < 4.78 is 0.0318. The van der Waals surface area contributed by atoms with Crippen LogP contribution in [0.3, 0.4) is 0 Å². The van der Waals surface area contributed by atoms with Crippen LogP contribution < -0.4 is 5.84 Å². The van der Waals surface area contributed by atoms with Gasteiger partial charge in [0.05, 0.1) is 5.03 Å². The number of nitrogens with zero attached hydrogens (tertiary/aromatic N) is 4. The Hall–Kier alpha value is -0.800. The minimum absolute atomic E-state index is 0.0318. The summed E-state index contributed by atoms with van der Waals surface area (Å²) in [5.74, 6) is 4.66. The van der Waals surface area contributed by atoms with Gasteiger partial charge in [0.25, 0.3) is 0 Å². The van der Waals surface area contributed by atoms with Crippen LogP contribution in [-0.2, 0) is 0 Å². The van der Waals surface area contributed by atoms with Crippen LogP contribution in [0, 0.1) is 10.1 Å². The van der Waals surface area contributed by atoms with Crippen LogP contribution in [0.15, 0.2) is 15.4 Å². The molecule has 0 saturated heterocycles. The summed E-state index contributed by atoms with van der Waals surface area (Å²) >= 11 is 1.60. The molecule has 0 saturated carbocycles. The summed E-state index contributed by atoms with van der Waals surface area (Å²) in [6, 6.07) is 0. The Morgan fingerprint density at radius 2 is 2.33 bits per heavy atom. The van der Waals surface area contributed by atoms with Crippen LogP contribution in [-0.4, -0.2) is 8.87 Å². The second-order valence-corrected chi connectivity index (χ2v) is 1.79. The van der Waals surface area contributed by atoms with E-state index < -0.39 is 5.03 Å². The number of halogens is 1. The molecule has 0 rings (SSSR count). The van der Waals surface area contributed by atoms with Gasteiger partial charge < -0.3 is 16.0 Å². The molecule has 0 aliphatic rings. The van der Waals surface area contributed by atoms with Crippen molar-refractivity contribution in [2.75, 3.05) is 0 Å². The number of nitrogens with two attached hydrogens (primary N) is 1. The fourth-order valence-electron chi connectivity index (χ4n) is 0.0992. The summed E-state index contributed by atoms with van der Waals surface area (Å²) in [4.78, 5) is 9.47. The Bertz CT molecular complexity index is 162. The zero-order valence-electron chi connectivity index (χ0n) is 4.06. The van der Waals surface area contributed by atoms with Gasteiger partial charge in [-0.05, 0) is 0 Å². The number of nitro groups is 1. The van der Waals surface area contributed by atoms with Gasteiger partial charge in [0, 0.05) is 22.6 Å². The van der Waals surface area contributed by atoms with E-state index in [0.29, 0.717) is 0 Å². The van der Waals surface area contributed by atoms with Crippen LogP contribution in [0.25, 0.3) is 0 Å². The molecule has 7 nitrogen and oxygen atoms in total. The maximum absolute atomic E-state index is 9.47. The van der Waals surface area contributed by atoms with E-state index >= 15 is 0 Å². The van der Waals surface area contributed by atoms with Crippen LogP contribution in [0.2, 0.25) is 0 Å². The van der Waals surface area contributed by atoms with E-state index in [1.165, 1.54) is 0 Å². The first-order valence-electron chi connectivity index (χ1n) is 1.66. The van der Waals surface area contributed by atoms with Gasteiger partial charge in [-0.15, -0.1) is 5.10 Å². The maximum Gasteiger partial charge on any atom is 0.346 e. The van der Waals surface area contributed by atoms with Crippen molar-refractivity contribution in [3.8, 4) is 0 Å². The lowest BCUT2D eigenvalue weighted by molar-refractivity contribution is -0.493. The molecule has 0 radical (unpaired) electrons. The van der Waals surface area contributed by atoms with Crippen molar-refractivity contribution in [2.24, 2.45) is 21.3 Å². The lowest BCUT2D eigenvalue weighted by Crippen LogP contribution is -1.89. The maximum atomic E-state index is 9.47. The highest BCUT2D eigenvalue weighted by molar-refractivity contribution is 14.1. The summed E-state index contributed by atoms with van der Waals surface area (Å²) in [5, 5.41) is 17.0. The lowest BCUT2D eigenvalue weighted by atomic mass is 11.4. The molecule has 8 heteroatoms. The van der Waals surface area contributed by atoms with Gasteiger partial charge in [-0.3, -0.25) is 0 Å². The molecular formula is CH2IN5O2. The van der Waals surface area contributed by atoms with E-state index in [0.717, 1.165) is 0 Å². The van der Waals surface area contributed by atoms with Gasteiger partial charge in [-0.1, -0.05) is 0 Å². The van der Waals surface area contributed by atoms with Crippen molar-refractivity contribution in [1.29, 1.82) is 0 Å². The third kappa shape index (κ3) is 5.06. The van der Waals surface area contributed by atoms with Crippen molar-refractivity contribution in [1.82, 2.24) is 0 Å². The molecule has 0 unspecified atom stereocenters. The SMILES string of the molecule is NN=C(I)N=N[N+](=O)[O-]. The molecule has 0 aliphatic carbocycles. The second-order valence-electron chi connectivity index (χ2n) is 0.825. The van der Waals surface area contributed by atoms with Crippen molar-refractivity contribution >= 4 is 26.4 Å². The summed E-state index contributed by atoms with van der Waals surface area (Å²) in [7, 11) is 0. The van der Waals surface area contributed by atoms with Gasteiger partial charge in [0.1, 0.15) is 5.11 Å². The van der Waals surface area contributed by atoms with Gasteiger partial charge in [0.15, 0.2) is 5.22 Å². The topological polar surface area (TPSA) is 106 Å². The fourth-order valence-corrected chi connectivity index (χ4v) is 0.196. The van der Waals surface area contributed by atoms with E-state index in [4.69, 9.17) is 0 Å². The lowest BCUT2D eigenvalue weighted by Gasteiger charge is -1.74. The van der Waals surface area contributed by atoms with Crippen molar-refractivity contribution in [2.45, 2.75) is 0 Å². The Balaban J connectivity index is 3.86. The predicted octanol–water partition coefficient (Wildman–Crippen LogP) is 0.295. The van der Waals surface area contributed by atoms with E-state index in [2.05, 4.69) is 21.3 Å². The zero-order chi connectivity index (χ0) is 7.28. The van der Waals surface area contributed by atoms with E-state index in [1.54, 1.807) is 22.6 Å². The first kappa shape index (κ1) is 8.20. The first-order valence-corrected chi connectivity index (χ1v) is 2.74. The van der Waals surface area contributed by atoms with Gasteiger partial charge >= 0.3 is 3.84 Å². The molecule has 9 heavy (non-hydrogen) atoms. The highest BCUT2D eigenvalue weighted by Gasteiger charge is 1.95. The van der Waals surface area contributed by atoms with Crippen LogP contribution in [0.1, 0.15) is 0 Å². The molecule has 0 spiro atoms. The molecule has 0 amide bonds. The van der Waals surface area contributed by atoms with Crippen LogP contribution in [0.5, 0.6) is 0 Å². The highest BCUT2D eigenvalue weighted by Crippen LogP contribution is 1.90. The van der Waals surface area contributed by atoms with E-state index in [1.807, 2.05) is 0 Å². The highest BCUT2D eigenvalue weighted by atomic mass is 127. The van der Waals surface area contributed by atoms with Gasteiger partial charge in [0.2, 0.25) is 0 Å². The molecular weight excluding hydrogens is 241 g/mol. The number of hydrogen-bond acceptors (Lipinski definition) is 4. The van der Waals surface area contributed by atoms with Gasteiger partial charge in [-0.25, -0.2) is 0 Å². The first-order chi connectivity index (χ1) is 4.16. The van der Waals surface area contributed by atoms with Crippen LogP contribution in [0.4, 0.5) is 0 Å². The normalized spacial score (nSPS) is 12.3. The summed E-state index contributed by atoms with van der Waals surface area (Å²) in [5.41, 5.74) is 0. The molecule has 50 valence electrons. The molecule has 0 aromatic carbocycles. The third-order valence-electron chi connectivity index (χ3n) is 0.307. The molecule has 0 fully saturated rings. The minimum atomic E-state index is -0.941. The van der Waals surface area contributed by atoms with Crippen molar-refractivity contribution in [3.05, 3.63) is 10.1 Å². The summed E-state index contributed by atoms with van der Waals surface area (Å²) in [6.45, 7) is 0. The van der Waals surface area contributed by atoms with Crippen LogP contribution >= 0.6 is 22.6 Å². The molecule has 0 aromatic heterocycles. The number of hydrazone groups is 1. The molecule has 0 aliphatic heterocycles. The van der Waals surface area contributed by atoms with E-state index in [-0.39, 0.29) is 3.84 Å². The van der Waals surface area contributed by atoms with E-state index in [9.17, 15) is 10.1 Å². The molecule has 2 N–H and O–H groups in total. The quantitative estimate of drug-likeness (QED) is 0.104. The Morgan fingerprint density at radius 3 is 2.67 bits per heavy atom. The largest absolute Gasteiger partial charge is 0.346 e. The number of amidine groups is 1. The minimum Gasteiger partial charge on any atom is -0.337 e. The van der Waals surface area contributed by atoms with Crippen molar-refractivity contribution < 1.29 is 5.03 Å². The van der Waals surface area contributed by atoms with Gasteiger partial charge in [-0.2, -0.15) is 0 Å². The number of rotatable bonds is 1. The average molecular weight is 243 g/mol. The standard InChI is InChI=1S/CH2IN5O2/c2-1(4-3)5-6-7(8)9/h3H2. The third-order valence-corrected chi connectivity index (χ3v) is 0.801.